The number of amides is 1. The third-order valence-electron chi connectivity index (χ3n) is 5.10. The Balaban J connectivity index is 1.51. The van der Waals surface area contributed by atoms with Gasteiger partial charge in [-0.05, 0) is 49.6 Å². The second-order valence-electron chi connectivity index (χ2n) is 6.95. The molecule has 1 aliphatic rings. The second kappa shape index (κ2) is 6.36. The van der Waals surface area contributed by atoms with Gasteiger partial charge in [0.25, 0.3) is 5.91 Å². The van der Waals surface area contributed by atoms with E-state index in [1.54, 1.807) is 6.07 Å². The van der Waals surface area contributed by atoms with Gasteiger partial charge in [0.05, 0.1) is 18.1 Å². The van der Waals surface area contributed by atoms with Gasteiger partial charge in [-0.1, -0.05) is 35.9 Å². The molecule has 1 aromatic heterocycles. The largest absolute Gasteiger partial charge is 0.485 e. The maximum absolute atomic E-state index is 12.9. The van der Waals surface area contributed by atoms with E-state index in [1.807, 2.05) is 30.0 Å². The Bertz CT molecular complexity index is 1000. The van der Waals surface area contributed by atoms with Crippen LogP contribution in [0.25, 0.3) is 10.9 Å². The minimum Gasteiger partial charge on any atom is -0.485 e. The summed E-state index contributed by atoms with van der Waals surface area (Å²) in [6, 6.07) is 11.6. The molecule has 0 bridgehead atoms. The van der Waals surface area contributed by atoms with Crippen LogP contribution in [0, 0.1) is 20.8 Å². The molecular weight excluding hydrogens is 348 g/mol. The fourth-order valence-electron chi connectivity index (χ4n) is 3.57. The minimum absolute atomic E-state index is 0.0213. The highest BCUT2D eigenvalue weighted by molar-refractivity contribution is 6.32. The number of halogens is 1. The van der Waals surface area contributed by atoms with Gasteiger partial charge < -0.3 is 14.6 Å². The number of aryl methyl sites for hydroxylation is 3. The second-order valence-corrected chi connectivity index (χ2v) is 7.36. The maximum Gasteiger partial charge on any atom is 0.270 e. The standard InChI is InChI=1S/C21H21ClN2O2/c1-12-8-9-13(2)19-18(12)14(3)20(23-19)21(25)24-10-15(11-24)26-17-7-5-4-6-16(17)22/h4-9,15,23H,10-11H2,1-3H3. The van der Waals surface area contributed by atoms with E-state index in [0.717, 1.165) is 22.0 Å². The van der Waals surface area contributed by atoms with Crippen molar-refractivity contribution in [2.45, 2.75) is 26.9 Å². The van der Waals surface area contributed by atoms with Crippen molar-refractivity contribution < 1.29 is 9.53 Å². The van der Waals surface area contributed by atoms with Crippen LogP contribution in [0.3, 0.4) is 0 Å². The van der Waals surface area contributed by atoms with Gasteiger partial charge in [-0.3, -0.25) is 4.79 Å². The lowest BCUT2D eigenvalue weighted by atomic mass is 10.0. The molecule has 4 rings (SSSR count). The average molecular weight is 369 g/mol. The Morgan fingerprint density at radius 1 is 1.12 bits per heavy atom. The summed E-state index contributed by atoms with van der Waals surface area (Å²) < 4.78 is 5.89. The van der Waals surface area contributed by atoms with Crippen molar-refractivity contribution in [1.82, 2.24) is 9.88 Å². The average Bonchev–Trinajstić information content (AvgIpc) is 2.94. The Hall–Kier alpha value is -2.46. The maximum atomic E-state index is 12.9. The number of ether oxygens (including phenoxy) is 1. The smallest absolute Gasteiger partial charge is 0.270 e. The van der Waals surface area contributed by atoms with Crippen LogP contribution >= 0.6 is 11.6 Å². The number of fused-ring (bicyclic) bond motifs is 1. The van der Waals surface area contributed by atoms with Crippen molar-refractivity contribution in [1.29, 1.82) is 0 Å². The Morgan fingerprint density at radius 3 is 2.50 bits per heavy atom. The van der Waals surface area contributed by atoms with Crippen molar-refractivity contribution in [2.75, 3.05) is 13.1 Å². The lowest BCUT2D eigenvalue weighted by molar-refractivity contribution is 0.0174. The van der Waals surface area contributed by atoms with Crippen LogP contribution in [-0.2, 0) is 0 Å². The monoisotopic (exact) mass is 368 g/mol. The topological polar surface area (TPSA) is 45.3 Å². The van der Waals surface area contributed by atoms with Crippen molar-refractivity contribution >= 4 is 28.4 Å². The number of hydrogen-bond donors (Lipinski definition) is 1. The summed E-state index contributed by atoms with van der Waals surface area (Å²) in [5, 5.41) is 1.74. The zero-order valence-corrected chi connectivity index (χ0v) is 15.9. The van der Waals surface area contributed by atoms with E-state index in [1.165, 1.54) is 5.56 Å². The number of aromatic nitrogens is 1. The molecule has 2 aromatic carbocycles. The zero-order valence-electron chi connectivity index (χ0n) is 15.1. The van der Waals surface area contributed by atoms with Crippen LogP contribution in [0.4, 0.5) is 0 Å². The van der Waals surface area contributed by atoms with Gasteiger partial charge in [0.15, 0.2) is 0 Å². The molecule has 134 valence electrons. The summed E-state index contributed by atoms with van der Waals surface area (Å²) in [7, 11) is 0. The first kappa shape index (κ1) is 17.0. The van der Waals surface area contributed by atoms with Gasteiger partial charge in [0.2, 0.25) is 0 Å². The highest BCUT2D eigenvalue weighted by Crippen LogP contribution is 2.30. The number of likely N-dealkylation sites (tertiary alicyclic amines) is 1. The third kappa shape index (κ3) is 2.74. The minimum atomic E-state index is -0.0213. The number of carbonyl (C=O) groups is 1. The van der Waals surface area contributed by atoms with Crippen molar-refractivity contribution in [3.63, 3.8) is 0 Å². The number of nitrogens with zero attached hydrogens (tertiary/aromatic N) is 1. The number of nitrogens with one attached hydrogen (secondary N) is 1. The fraction of sp³-hybridized carbons (Fsp3) is 0.286. The summed E-state index contributed by atoms with van der Waals surface area (Å²) >= 11 is 6.13. The van der Waals surface area contributed by atoms with E-state index in [2.05, 4.69) is 31.0 Å². The molecule has 1 N–H and O–H groups in total. The molecule has 1 fully saturated rings. The van der Waals surface area contributed by atoms with Crippen LogP contribution in [-0.4, -0.2) is 35.0 Å². The van der Waals surface area contributed by atoms with Gasteiger partial charge in [-0.2, -0.15) is 0 Å². The molecule has 0 aliphatic carbocycles. The normalized spacial score (nSPS) is 14.5. The lowest BCUT2D eigenvalue weighted by Gasteiger charge is -2.39. The molecule has 3 aromatic rings. The number of H-pyrrole nitrogens is 1. The molecule has 0 spiro atoms. The first-order chi connectivity index (χ1) is 12.5. The van der Waals surface area contributed by atoms with Crippen LogP contribution in [0.5, 0.6) is 5.75 Å². The molecule has 1 aliphatic heterocycles. The summed E-state index contributed by atoms with van der Waals surface area (Å²) in [6.07, 6.45) is -0.0213. The van der Waals surface area contributed by atoms with Crippen LogP contribution in [0.2, 0.25) is 5.02 Å². The van der Waals surface area contributed by atoms with E-state index >= 15 is 0 Å². The first-order valence-electron chi connectivity index (χ1n) is 8.74. The third-order valence-corrected chi connectivity index (χ3v) is 5.41. The van der Waals surface area contributed by atoms with Gasteiger partial charge in [0, 0.05) is 10.9 Å². The highest BCUT2D eigenvalue weighted by atomic mass is 35.5. The fourth-order valence-corrected chi connectivity index (χ4v) is 3.75. The van der Waals surface area contributed by atoms with Gasteiger partial charge in [0.1, 0.15) is 17.5 Å². The number of aromatic amines is 1. The van der Waals surface area contributed by atoms with E-state index in [-0.39, 0.29) is 12.0 Å². The van der Waals surface area contributed by atoms with Gasteiger partial charge in [-0.25, -0.2) is 0 Å². The number of hydrogen-bond acceptors (Lipinski definition) is 2. The van der Waals surface area contributed by atoms with Gasteiger partial charge >= 0.3 is 0 Å². The predicted molar refractivity (Wildman–Crippen MR) is 104 cm³/mol. The highest BCUT2D eigenvalue weighted by Gasteiger charge is 2.34. The number of benzene rings is 2. The molecule has 0 atom stereocenters. The lowest BCUT2D eigenvalue weighted by Crippen LogP contribution is -2.56. The van der Waals surface area contributed by atoms with Gasteiger partial charge in [-0.15, -0.1) is 0 Å². The predicted octanol–water partition coefficient (Wildman–Crippen LogP) is 4.65. The quantitative estimate of drug-likeness (QED) is 0.731. The Morgan fingerprint density at radius 2 is 1.81 bits per heavy atom. The first-order valence-corrected chi connectivity index (χ1v) is 9.12. The molecular formula is C21H21ClN2O2. The molecule has 0 saturated carbocycles. The number of para-hydroxylation sites is 1. The van der Waals surface area contributed by atoms with E-state index in [0.29, 0.717) is 29.6 Å². The summed E-state index contributed by atoms with van der Waals surface area (Å²) in [4.78, 5) is 18.1. The Kier molecular flexibility index (Phi) is 4.16. The number of carbonyl (C=O) groups excluding carboxylic acids is 1. The van der Waals surface area contributed by atoms with Crippen molar-refractivity contribution in [3.8, 4) is 5.75 Å². The van der Waals surface area contributed by atoms with Crippen molar-refractivity contribution in [2.24, 2.45) is 0 Å². The van der Waals surface area contributed by atoms with E-state index in [4.69, 9.17) is 16.3 Å². The van der Waals surface area contributed by atoms with Crippen LogP contribution in [0.1, 0.15) is 27.2 Å². The van der Waals surface area contributed by atoms with E-state index < -0.39 is 0 Å². The molecule has 0 radical (unpaired) electrons. The van der Waals surface area contributed by atoms with Crippen LogP contribution < -0.4 is 4.74 Å². The summed E-state index contributed by atoms with van der Waals surface area (Å²) in [5.41, 5.74) is 5.07. The van der Waals surface area contributed by atoms with Crippen LogP contribution in [0.15, 0.2) is 36.4 Å². The number of rotatable bonds is 3. The SMILES string of the molecule is Cc1ccc(C)c2c(C)c(C(=O)N3CC(Oc4ccccc4Cl)C3)[nH]c12. The molecule has 4 nitrogen and oxygen atoms in total. The summed E-state index contributed by atoms with van der Waals surface area (Å²) in [6.45, 7) is 7.28. The molecule has 26 heavy (non-hydrogen) atoms. The molecule has 1 amide bonds. The molecule has 2 heterocycles. The Labute approximate surface area is 157 Å². The molecule has 5 heteroatoms. The summed E-state index contributed by atoms with van der Waals surface area (Å²) in [5.74, 6) is 0.691. The molecule has 1 saturated heterocycles. The van der Waals surface area contributed by atoms with Crippen molar-refractivity contribution in [3.05, 3.63) is 63.8 Å². The zero-order chi connectivity index (χ0) is 18.4. The molecule has 0 unspecified atom stereocenters. The van der Waals surface area contributed by atoms with E-state index in [9.17, 15) is 4.79 Å².